The second-order valence-corrected chi connectivity index (χ2v) is 4.02. The summed E-state index contributed by atoms with van der Waals surface area (Å²) >= 11 is 0. The van der Waals surface area contributed by atoms with Crippen molar-refractivity contribution in [3.63, 3.8) is 0 Å². The van der Waals surface area contributed by atoms with Crippen LogP contribution in [0.5, 0.6) is 5.75 Å². The fourth-order valence-electron chi connectivity index (χ4n) is 1.30. The van der Waals surface area contributed by atoms with Crippen molar-refractivity contribution in [2.45, 2.75) is 6.92 Å². The first-order chi connectivity index (χ1) is 8.63. The molecule has 98 valence electrons. The highest BCUT2D eigenvalue weighted by atomic mass is 16.5. The van der Waals surface area contributed by atoms with Crippen molar-refractivity contribution in [1.29, 1.82) is 0 Å². The fraction of sp³-hybridized carbons (Fsp3) is 0.357. The van der Waals surface area contributed by atoms with E-state index in [1.165, 1.54) is 0 Å². The van der Waals surface area contributed by atoms with Crippen LogP contribution in [-0.2, 0) is 4.74 Å². The first kappa shape index (κ1) is 14.3. The fourth-order valence-corrected chi connectivity index (χ4v) is 1.30. The van der Waals surface area contributed by atoms with Crippen molar-refractivity contribution < 1.29 is 14.3 Å². The molecule has 0 saturated carbocycles. The summed E-state index contributed by atoms with van der Waals surface area (Å²) < 4.78 is 10.3. The average Bonchev–Trinajstić information content (AvgIpc) is 2.37. The lowest BCUT2D eigenvalue weighted by atomic mass is 10.2. The molecule has 4 heteroatoms. The van der Waals surface area contributed by atoms with Gasteiger partial charge in [0.05, 0.1) is 6.61 Å². The Hall–Kier alpha value is -1.81. The summed E-state index contributed by atoms with van der Waals surface area (Å²) in [7, 11) is 1.60. The standard InChI is InChI=1S/C14H19NO3/c1-11(2)10-18-13-6-4-5-12(9-13)14(16)15-7-8-17-3/h4-6,9H,1,7-8,10H2,2-3H3,(H,15,16). The monoisotopic (exact) mass is 249 g/mol. The molecule has 0 unspecified atom stereocenters. The number of amides is 1. The number of rotatable bonds is 7. The van der Waals surface area contributed by atoms with E-state index in [9.17, 15) is 4.79 Å². The van der Waals surface area contributed by atoms with E-state index in [1.54, 1.807) is 25.3 Å². The van der Waals surface area contributed by atoms with Gasteiger partial charge in [0.1, 0.15) is 12.4 Å². The Balaban J connectivity index is 2.57. The normalized spacial score (nSPS) is 9.89. The van der Waals surface area contributed by atoms with Gasteiger partial charge >= 0.3 is 0 Å². The predicted molar refractivity (Wildman–Crippen MR) is 71.0 cm³/mol. The molecule has 0 saturated heterocycles. The highest BCUT2D eigenvalue weighted by molar-refractivity contribution is 5.94. The number of hydrogen-bond donors (Lipinski definition) is 1. The molecule has 0 radical (unpaired) electrons. The largest absolute Gasteiger partial charge is 0.489 e. The molecule has 1 N–H and O–H groups in total. The van der Waals surface area contributed by atoms with E-state index in [1.807, 2.05) is 13.0 Å². The number of carbonyl (C=O) groups is 1. The summed E-state index contributed by atoms with van der Waals surface area (Å²) in [4.78, 5) is 11.8. The maximum absolute atomic E-state index is 11.8. The molecule has 4 nitrogen and oxygen atoms in total. The van der Waals surface area contributed by atoms with Gasteiger partial charge < -0.3 is 14.8 Å². The summed E-state index contributed by atoms with van der Waals surface area (Å²) in [6.45, 7) is 7.09. The van der Waals surface area contributed by atoms with Gasteiger partial charge in [-0.3, -0.25) is 4.79 Å². The average molecular weight is 249 g/mol. The van der Waals surface area contributed by atoms with Crippen LogP contribution < -0.4 is 10.1 Å². The number of benzene rings is 1. The van der Waals surface area contributed by atoms with Gasteiger partial charge in [0.15, 0.2) is 0 Å². The van der Waals surface area contributed by atoms with Crippen LogP contribution in [0.1, 0.15) is 17.3 Å². The van der Waals surface area contributed by atoms with E-state index in [-0.39, 0.29) is 5.91 Å². The van der Waals surface area contributed by atoms with Gasteiger partial charge in [-0.15, -0.1) is 0 Å². The maximum atomic E-state index is 11.8. The molecule has 0 spiro atoms. The zero-order chi connectivity index (χ0) is 13.4. The molecule has 0 atom stereocenters. The Bertz CT molecular complexity index is 415. The lowest BCUT2D eigenvalue weighted by molar-refractivity contribution is 0.0936. The highest BCUT2D eigenvalue weighted by Crippen LogP contribution is 2.13. The molecule has 0 fully saturated rings. The first-order valence-electron chi connectivity index (χ1n) is 5.78. The minimum absolute atomic E-state index is 0.132. The van der Waals surface area contributed by atoms with Gasteiger partial charge in [0, 0.05) is 19.2 Å². The second kappa shape index (κ2) is 7.50. The Labute approximate surface area is 108 Å². The van der Waals surface area contributed by atoms with E-state index < -0.39 is 0 Å². The summed E-state index contributed by atoms with van der Waals surface area (Å²) in [5, 5.41) is 2.75. The summed E-state index contributed by atoms with van der Waals surface area (Å²) in [5.74, 6) is 0.533. The van der Waals surface area contributed by atoms with Crippen LogP contribution in [0.15, 0.2) is 36.4 Å². The summed E-state index contributed by atoms with van der Waals surface area (Å²) in [5.41, 5.74) is 1.51. The van der Waals surface area contributed by atoms with Crippen molar-refractivity contribution in [3.05, 3.63) is 42.0 Å². The van der Waals surface area contributed by atoms with Gasteiger partial charge in [-0.2, -0.15) is 0 Å². The third-order valence-electron chi connectivity index (χ3n) is 2.17. The number of nitrogens with one attached hydrogen (secondary N) is 1. The molecule has 0 aliphatic heterocycles. The SMILES string of the molecule is C=C(C)COc1cccc(C(=O)NCCOC)c1. The smallest absolute Gasteiger partial charge is 0.251 e. The van der Waals surface area contributed by atoms with E-state index in [4.69, 9.17) is 9.47 Å². The molecule has 0 aliphatic rings. The Morgan fingerprint density at radius 2 is 2.22 bits per heavy atom. The van der Waals surface area contributed by atoms with Crippen molar-refractivity contribution in [3.8, 4) is 5.75 Å². The summed E-state index contributed by atoms with van der Waals surface area (Å²) in [6, 6.07) is 7.06. The van der Waals surface area contributed by atoms with Crippen molar-refractivity contribution in [2.75, 3.05) is 26.9 Å². The van der Waals surface area contributed by atoms with Crippen LogP contribution in [-0.4, -0.2) is 32.8 Å². The van der Waals surface area contributed by atoms with Crippen LogP contribution in [0, 0.1) is 0 Å². The van der Waals surface area contributed by atoms with Gasteiger partial charge in [0.2, 0.25) is 0 Å². The van der Waals surface area contributed by atoms with Crippen molar-refractivity contribution in [1.82, 2.24) is 5.32 Å². The zero-order valence-electron chi connectivity index (χ0n) is 10.9. The third kappa shape index (κ3) is 5.01. The highest BCUT2D eigenvalue weighted by Gasteiger charge is 2.05. The van der Waals surface area contributed by atoms with Gasteiger partial charge in [-0.05, 0) is 30.7 Å². The molecule has 18 heavy (non-hydrogen) atoms. The van der Waals surface area contributed by atoms with E-state index in [0.29, 0.717) is 31.1 Å². The number of hydrogen-bond acceptors (Lipinski definition) is 3. The molecule has 0 bridgehead atoms. The number of carbonyl (C=O) groups excluding carboxylic acids is 1. The van der Waals surface area contributed by atoms with Crippen molar-refractivity contribution >= 4 is 5.91 Å². The second-order valence-electron chi connectivity index (χ2n) is 4.02. The molecule has 1 aromatic rings. The van der Waals surface area contributed by atoms with Crippen LogP contribution >= 0.6 is 0 Å². The molecular formula is C14H19NO3. The predicted octanol–water partition coefficient (Wildman–Crippen LogP) is 2.02. The molecule has 1 amide bonds. The van der Waals surface area contributed by atoms with Gasteiger partial charge in [-0.25, -0.2) is 0 Å². The Morgan fingerprint density at radius 1 is 1.44 bits per heavy atom. The Kier molecular flexibility index (Phi) is 5.94. The lowest BCUT2D eigenvalue weighted by Crippen LogP contribution is -2.26. The molecular weight excluding hydrogens is 230 g/mol. The molecule has 1 aromatic carbocycles. The topological polar surface area (TPSA) is 47.6 Å². The van der Waals surface area contributed by atoms with Crippen LogP contribution in [0.4, 0.5) is 0 Å². The number of ether oxygens (including phenoxy) is 2. The van der Waals surface area contributed by atoms with Crippen molar-refractivity contribution in [2.24, 2.45) is 0 Å². The van der Waals surface area contributed by atoms with Gasteiger partial charge in [0.25, 0.3) is 5.91 Å². The van der Waals surface area contributed by atoms with Gasteiger partial charge in [-0.1, -0.05) is 12.6 Å². The summed E-state index contributed by atoms with van der Waals surface area (Å²) in [6.07, 6.45) is 0. The molecule has 0 aromatic heterocycles. The molecule has 0 aliphatic carbocycles. The molecule has 0 heterocycles. The zero-order valence-corrected chi connectivity index (χ0v) is 10.9. The quantitative estimate of drug-likeness (QED) is 0.594. The minimum atomic E-state index is -0.132. The van der Waals surface area contributed by atoms with Crippen LogP contribution in [0.3, 0.4) is 0 Å². The van der Waals surface area contributed by atoms with Crippen LogP contribution in [0.2, 0.25) is 0 Å². The maximum Gasteiger partial charge on any atom is 0.251 e. The molecule has 1 rings (SSSR count). The van der Waals surface area contributed by atoms with E-state index in [2.05, 4.69) is 11.9 Å². The Morgan fingerprint density at radius 3 is 2.89 bits per heavy atom. The van der Waals surface area contributed by atoms with E-state index >= 15 is 0 Å². The first-order valence-corrected chi connectivity index (χ1v) is 5.78. The van der Waals surface area contributed by atoms with E-state index in [0.717, 1.165) is 5.57 Å². The number of methoxy groups -OCH3 is 1. The minimum Gasteiger partial charge on any atom is -0.489 e. The third-order valence-corrected chi connectivity index (χ3v) is 2.17. The lowest BCUT2D eigenvalue weighted by Gasteiger charge is -2.08. The van der Waals surface area contributed by atoms with Crippen LogP contribution in [0.25, 0.3) is 0 Å².